The Hall–Kier alpha value is 0.300. The molecule has 3 N–H and O–H groups in total. The van der Waals surface area contributed by atoms with Crippen LogP contribution in [0.3, 0.4) is 0 Å². The number of rotatable bonds is 7. The van der Waals surface area contributed by atoms with Gasteiger partial charge in [-0.15, -0.1) is 0 Å². The number of fused-ring (bicyclic) bond motifs is 5. The summed E-state index contributed by atoms with van der Waals surface area (Å²) in [5, 5.41) is 24.0. The van der Waals surface area contributed by atoms with Crippen molar-refractivity contribution in [1.29, 1.82) is 0 Å². The molecule has 0 saturated heterocycles. The van der Waals surface area contributed by atoms with Crippen LogP contribution in [0, 0.1) is 46.3 Å². The molecule has 4 rings (SSSR count). The summed E-state index contributed by atoms with van der Waals surface area (Å²) in [6, 6.07) is 0. The number of carbonyl (C=O) groups excluding carboxylic acids is 1. The third-order valence-electron chi connectivity index (χ3n) is 10.9. The van der Waals surface area contributed by atoms with Gasteiger partial charge in [0.25, 0.3) is 0 Å². The first kappa shape index (κ1) is 29.9. The second kappa shape index (κ2) is 11.2. The molecule has 7 nitrogen and oxygen atoms in total. The third-order valence-corrected chi connectivity index (χ3v) is 11.6. The van der Waals surface area contributed by atoms with E-state index in [1.54, 1.807) is 0 Å². The number of nitrogens with one attached hydrogen (secondary N) is 1. The molecule has 4 aliphatic rings. The zero-order valence-electron chi connectivity index (χ0n) is 22.0. The predicted molar refractivity (Wildman–Crippen MR) is 129 cm³/mol. The molecule has 35 heavy (non-hydrogen) atoms. The van der Waals surface area contributed by atoms with Crippen LogP contribution < -0.4 is 34.9 Å². The van der Waals surface area contributed by atoms with Crippen molar-refractivity contribution in [3.8, 4) is 0 Å². The number of hydrogen-bond acceptors (Lipinski definition) is 6. The van der Waals surface area contributed by atoms with Crippen LogP contribution in [-0.4, -0.2) is 53.6 Å². The molecular weight excluding hydrogens is 477 g/mol. The summed E-state index contributed by atoms with van der Waals surface area (Å²) in [5.74, 6) is 2.17. The fraction of sp³-hybridized carbons (Fsp3) is 0.962. The second-order valence-corrected chi connectivity index (χ2v) is 14.1. The van der Waals surface area contributed by atoms with E-state index < -0.39 is 15.9 Å². The van der Waals surface area contributed by atoms with Gasteiger partial charge in [-0.3, -0.25) is 4.79 Å². The monoisotopic (exact) mass is 521 g/mol. The Morgan fingerprint density at radius 2 is 1.69 bits per heavy atom. The predicted octanol–water partition coefficient (Wildman–Crippen LogP) is 0.0587. The number of carbonyl (C=O) groups is 1. The number of aliphatic hydroxyl groups is 2. The molecule has 0 spiro atoms. The van der Waals surface area contributed by atoms with Gasteiger partial charge in [0, 0.05) is 13.0 Å². The molecule has 0 radical (unpaired) electrons. The van der Waals surface area contributed by atoms with Crippen LogP contribution in [0.5, 0.6) is 0 Å². The van der Waals surface area contributed by atoms with Crippen molar-refractivity contribution < 1.29 is 57.5 Å². The molecule has 1 amide bonds. The van der Waals surface area contributed by atoms with Crippen molar-refractivity contribution in [2.45, 2.75) is 97.2 Å². The van der Waals surface area contributed by atoms with Crippen molar-refractivity contribution >= 4 is 16.0 Å². The summed E-state index contributed by atoms with van der Waals surface area (Å²) < 4.78 is 32.2. The molecule has 10 atom stereocenters. The second-order valence-electron chi connectivity index (χ2n) is 12.6. The molecule has 9 heteroatoms. The van der Waals surface area contributed by atoms with Gasteiger partial charge in [0.15, 0.2) is 0 Å². The summed E-state index contributed by atoms with van der Waals surface area (Å²) in [4.78, 5) is 12.2. The molecule has 0 aromatic carbocycles. The van der Waals surface area contributed by atoms with Gasteiger partial charge >= 0.3 is 29.6 Å². The fourth-order valence-electron chi connectivity index (χ4n) is 9.22. The molecular formula is C26H44NNaO6S. The summed E-state index contributed by atoms with van der Waals surface area (Å²) in [5.41, 5.74) is 0.354. The van der Waals surface area contributed by atoms with E-state index in [4.69, 9.17) is 0 Å². The zero-order chi connectivity index (χ0) is 24.9. The van der Waals surface area contributed by atoms with E-state index >= 15 is 0 Å². The molecule has 0 unspecified atom stereocenters. The minimum Gasteiger partial charge on any atom is -0.748 e. The van der Waals surface area contributed by atoms with E-state index in [1.165, 1.54) is 19.3 Å². The zero-order valence-corrected chi connectivity index (χ0v) is 24.9. The van der Waals surface area contributed by atoms with E-state index in [0.717, 1.165) is 38.5 Å². The molecule has 0 aromatic rings. The van der Waals surface area contributed by atoms with Crippen molar-refractivity contribution in [3.63, 3.8) is 0 Å². The molecule has 4 aliphatic carbocycles. The van der Waals surface area contributed by atoms with Gasteiger partial charge < -0.3 is 20.1 Å². The molecule has 0 bridgehead atoms. The Labute approximate surface area is 233 Å². The molecule has 0 aromatic heterocycles. The van der Waals surface area contributed by atoms with E-state index in [0.29, 0.717) is 36.0 Å². The number of amides is 1. The standard InChI is InChI=1S/C26H45NO6S.Na/c1-16(4-7-24(30)27-12-13-34(31,32)33)19-5-6-20-18-15-23(29)22-14-17(28)8-10-26(22,3)21(18)9-11-25(19,20)2;/h16-23,28-29H,4-15H2,1-3H3,(H,27,30)(H,31,32,33);/q;+1/p-1/t16-,17-,18+,19-,20+,21+,22+,23+,25-,26-;/m0./s1. The molecule has 4 fully saturated rings. The Kier molecular flexibility index (Phi) is 9.54. The van der Waals surface area contributed by atoms with Gasteiger partial charge in [0.05, 0.1) is 28.1 Å². The van der Waals surface area contributed by atoms with Crippen LogP contribution in [0.4, 0.5) is 0 Å². The first-order valence-electron chi connectivity index (χ1n) is 13.4. The van der Waals surface area contributed by atoms with Crippen LogP contribution in [0.15, 0.2) is 0 Å². The summed E-state index contributed by atoms with van der Waals surface area (Å²) in [6.07, 6.45) is 8.75. The summed E-state index contributed by atoms with van der Waals surface area (Å²) >= 11 is 0. The van der Waals surface area contributed by atoms with E-state index in [9.17, 15) is 28.0 Å². The number of aliphatic hydroxyl groups excluding tert-OH is 2. The maximum Gasteiger partial charge on any atom is 1.00 e. The van der Waals surface area contributed by atoms with Crippen molar-refractivity contribution in [1.82, 2.24) is 5.32 Å². The number of hydrogen-bond donors (Lipinski definition) is 3. The largest absolute Gasteiger partial charge is 1.00 e. The molecule has 0 aliphatic heterocycles. The fourth-order valence-corrected chi connectivity index (χ4v) is 9.57. The van der Waals surface area contributed by atoms with Crippen LogP contribution >= 0.6 is 0 Å². The smallest absolute Gasteiger partial charge is 0.748 e. The minimum atomic E-state index is -4.31. The first-order chi connectivity index (χ1) is 15.8. The maximum absolute atomic E-state index is 12.2. The quantitative estimate of drug-likeness (QED) is 0.321. The van der Waals surface area contributed by atoms with Crippen LogP contribution in [-0.2, 0) is 14.9 Å². The Balaban J connectivity index is 0.00000342. The Bertz CT molecular complexity index is 870. The van der Waals surface area contributed by atoms with Crippen LogP contribution in [0.1, 0.15) is 85.0 Å². The van der Waals surface area contributed by atoms with Crippen molar-refractivity contribution in [2.75, 3.05) is 12.3 Å². The van der Waals surface area contributed by atoms with Crippen molar-refractivity contribution in [3.05, 3.63) is 0 Å². The summed E-state index contributed by atoms with van der Waals surface area (Å²) in [6.45, 7) is 6.96. The average Bonchev–Trinajstić information content (AvgIpc) is 3.10. The van der Waals surface area contributed by atoms with Crippen molar-refractivity contribution in [2.24, 2.45) is 46.3 Å². The van der Waals surface area contributed by atoms with Crippen LogP contribution in [0.25, 0.3) is 0 Å². The average molecular weight is 522 g/mol. The van der Waals surface area contributed by atoms with Gasteiger partial charge in [-0.1, -0.05) is 20.8 Å². The van der Waals surface area contributed by atoms with Gasteiger partial charge in [-0.05, 0) is 104 Å². The van der Waals surface area contributed by atoms with Gasteiger partial charge in [0.2, 0.25) is 5.91 Å². The van der Waals surface area contributed by atoms with E-state index in [2.05, 4.69) is 26.1 Å². The van der Waals surface area contributed by atoms with Crippen LogP contribution in [0.2, 0.25) is 0 Å². The Morgan fingerprint density at radius 3 is 2.37 bits per heavy atom. The van der Waals surface area contributed by atoms with Gasteiger partial charge in [-0.2, -0.15) is 0 Å². The normalized spacial score (nSPS) is 43.8. The van der Waals surface area contributed by atoms with Gasteiger partial charge in [-0.25, -0.2) is 8.42 Å². The third kappa shape index (κ3) is 5.99. The topological polar surface area (TPSA) is 127 Å². The van der Waals surface area contributed by atoms with Gasteiger partial charge in [0.1, 0.15) is 0 Å². The van der Waals surface area contributed by atoms with E-state index in [1.807, 2.05) is 0 Å². The molecule has 4 saturated carbocycles. The SMILES string of the molecule is C[C@@H](CCC(=O)NCCS(=O)(=O)[O-])[C@@H]1CC[C@@H]2[C@H]3C[C@@H](O)[C@H]4C[C@@H](O)CC[C@@]4(C)[C@@H]3CC[C@]21C.[Na+]. The Morgan fingerprint density at radius 1 is 1.03 bits per heavy atom. The molecule has 196 valence electrons. The van der Waals surface area contributed by atoms with E-state index in [-0.39, 0.29) is 71.0 Å². The molecule has 0 heterocycles. The first-order valence-corrected chi connectivity index (χ1v) is 15.0. The minimum absolute atomic E-state index is 0. The summed E-state index contributed by atoms with van der Waals surface area (Å²) in [7, 11) is -4.31. The maximum atomic E-state index is 12.2.